The van der Waals surface area contributed by atoms with Gasteiger partial charge in [-0.25, -0.2) is 4.79 Å². The van der Waals surface area contributed by atoms with Crippen LogP contribution in [0.1, 0.15) is 37.8 Å². The Balaban J connectivity index is 1.78. The second-order valence-electron chi connectivity index (χ2n) is 6.90. The standard InChI is InChI=1S/C21H25NO3/c1-14(2)22(12-15(3)23)21(24)25-13-20-18-10-6-4-8-16(18)17-9-5-7-11-19(17)20/h4-11,14-15,20,23H,12-13H2,1-3H3. The van der Waals surface area contributed by atoms with Gasteiger partial charge in [0.25, 0.3) is 0 Å². The van der Waals surface area contributed by atoms with Crippen molar-refractivity contribution in [2.24, 2.45) is 0 Å². The number of ether oxygens (including phenoxy) is 1. The Morgan fingerprint density at radius 2 is 1.56 bits per heavy atom. The minimum Gasteiger partial charge on any atom is -0.448 e. The van der Waals surface area contributed by atoms with Crippen LogP contribution in [0.25, 0.3) is 11.1 Å². The fourth-order valence-electron chi connectivity index (χ4n) is 3.46. The number of aliphatic hydroxyl groups is 1. The molecule has 1 atom stereocenters. The molecule has 0 aromatic heterocycles. The van der Waals surface area contributed by atoms with E-state index in [2.05, 4.69) is 24.3 Å². The van der Waals surface area contributed by atoms with E-state index >= 15 is 0 Å². The van der Waals surface area contributed by atoms with Gasteiger partial charge in [0.05, 0.1) is 6.10 Å². The Morgan fingerprint density at radius 1 is 1.04 bits per heavy atom. The summed E-state index contributed by atoms with van der Waals surface area (Å²) >= 11 is 0. The maximum absolute atomic E-state index is 12.5. The number of aliphatic hydroxyl groups excluding tert-OH is 1. The molecule has 132 valence electrons. The van der Waals surface area contributed by atoms with Crippen LogP contribution in [0.4, 0.5) is 4.79 Å². The highest BCUT2D eigenvalue weighted by Gasteiger charge is 2.30. The molecule has 0 saturated carbocycles. The topological polar surface area (TPSA) is 49.8 Å². The van der Waals surface area contributed by atoms with Crippen LogP contribution >= 0.6 is 0 Å². The van der Waals surface area contributed by atoms with Crippen LogP contribution < -0.4 is 0 Å². The van der Waals surface area contributed by atoms with Crippen LogP contribution in [0.3, 0.4) is 0 Å². The molecule has 1 N–H and O–H groups in total. The van der Waals surface area contributed by atoms with Crippen molar-refractivity contribution in [2.75, 3.05) is 13.2 Å². The van der Waals surface area contributed by atoms with Crippen molar-refractivity contribution in [3.05, 3.63) is 59.7 Å². The lowest BCUT2D eigenvalue weighted by atomic mass is 9.98. The predicted octanol–water partition coefficient (Wildman–Crippen LogP) is 4.03. The molecule has 1 aliphatic rings. The molecular formula is C21H25NO3. The van der Waals surface area contributed by atoms with E-state index < -0.39 is 6.10 Å². The first-order valence-electron chi connectivity index (χ1n) is 8.78. The number of hydrogen-bond acceptors (Lipinski definition) is 3. The molecule has 0 aliphatic heterocycles. The Kier molecular flexibility index (Phi) is 5.09. The van der Waals surface area contributed by atoms with Gasteiger partial charge in [0.2, 0.25) is 0 Å². The number of benzene rings is 2. The van der Waals surface area contributed by atoms with Crippen molar-refractivity contribution < 1.29 is 14.6 Å². The first-order chi connectivity index (χ1) is 12.0. The lowest BCUT2D eigenvalue weighted by Gasteiger charge is -2.27. The van der Waals surface area contributed by atoms with E-state index in [0.717, 1.165) is 0 Å². The van der Waals surface area contributed by atoms with Gasteiger partial charge in [0, 0.05) is 18.5 Å². The smallest absolute Gasteiger partial charge is 0.410 e. The van der Waals surface area contributed by atoms with E-state index in [9.17, 15) is 9.90 Å². The third-order valence-electron chi connectivity index (χ3n) is 4.65. The fourth-order valence-corrected chi connectivity index (χ4v) is 3.46. The largest absolute Gasteiger partial charge is 0.448 e. The zero-order valence-corrected chi connectivity index (χ0v) is 15.0. The maximum atomic E-state index is 12.5. The number of carbonyl (C=O) groups excluding carboxylic acids is 1. The van der Waals surface area contributed by atoms with E-state index in [1.54, 1.807) is 11.8 Å². The summed E-state index contributed by atoms with van der Waals surface area (Å²) in [5.41, 5.74) is 4.82. The molecular weight excluding hydrogens is 314 g/mol. The summed E-state index contributed by atoms with van der Waals surface area (Å²) in [5, 5.41) is 9.61. The second kappa shape index (κ2) is 7.28. The van der Waals surface area contributed by atoms with Gasteiger partial charge in [-0.1, -0.05) is 48.5 Å². The summed E-state index contributed by atoms with van der Waals surface area (Å²) in [7, 11) is 0. The number of nitrogens with zero attached hydrogens (tertiary/aromatic N) is 1. The van der Waals surface area contributed by atoms with Crippen LogP contribution in [0, 0.1) is 0 Å². The van der Waals surface area contributed by atoms with E-state index in [1.165, 1.54) is 22.3 Å². The Hall–Kier alpha value is -2.33. The van der Waals surface area contributed by atoms with Crippen molar-refractivity contribution in [3.8, 4) is 11.1 Å². The third-order valence-corrected chi connectivity index (χ3v) is 4.65. The van der Waals surface area contributed by atoms with Gasteiger partial charge in [0.15, 0.2) is 0 Å². The minimum atomic E-state index is -0.581. The first-order valence-corrected chi connectivity index (χ1v) is 8.78. The van der Waals surface area contributed by atoms with Crippen molar-refractivity contribution >= 4 is 6.09 Å². The molecule has 2 aromatic carbocycles. The number of fused-ring (bicyclic) bond motifs is 3. The molecule has 2 aromatic rings. The van der Waals surface area contributed by atoms with E-state index in [0.29, 0.717) is 6.61 Å². The highest BCUT2D eigenvalue weighted by Crippen LogP contribution is 2.44. The molecule has 0 fully saturated rings. The molecule has 4 nitrogen and oxygen atoms in total. The lowest BCUT2D eigenvalue weighted by Crippen LogP contribution is -2.42. The number of hydrogen-bond donors (Lipinski definition) is 1. The van der Waals surface area contributed by atoms with E-state index in [-0.39, 0.29) is 24.6 Å². The second-order valence-corrected chi connectivity index (χ2v) is 6.90. The van der Waals surface area contributed by atoms with E-state index in [1.807, 2.05) is 38.1 Å². The Labute approximate surface area is 149 Å². The zero-order chi connectivity index (χ0) is 18.0. The van der Waals surface area contributed by atoms with Crippen LogP contribution in [0.2, 0.25) is 0 Å². The zero-order valence-electron chi connectivity index (χ0n) is 15.0. The van der Waals surface area contributed by atoms with Gasteiger partial charge in [0.1, 0.15) is 6.61 Å². The molecule has 0 spiro atoms. The highest BCUT2D eigenvalue weighted by molar-refractivity contribution is 5.79. The van der Waals surface area contributed by atoms with Gasteiger partial charge in [-0.15, -0.1) is 0 Å². The SMILES string of the molecule is CC(O)CN(C(=O)OCC1c2ccccc2-c2ccccc21)C(C)C. The molecule has 0 heterocycles. The average Bonchev–Trinajstić information content (AvgIpc) is 2.91. The van der Waals surface area contributed by atoms with Gasteiger partial charge >= 0.3 is 6.09 Å². The molecule has 3 rings (SSSR count). The normalized spacial score (nSPS) is 14.1. The predicted molar refractivity (Wildman–Crippen MR) is 98.6 cm³/mol. The molecule has 4 heteroatoms. The van der Waals surface area contributed by atoms with E-state index in [4.69, 9.17) is 4.74 Å². The molecule has 1 amide bonds. The number of carbonyl (C=O) groups is 1. The lowest BCUT2D eigenvalue weighted by molar-refractivity contribution is 0.0644. The molecule has 0 bridgehead atoms. The molecule has 0 radical (unpaired) electrons. The molecule has 0 saturated heterocycles. The summed E-state index contributed by atoms with van der Waals surface area (Å²) < 4.78 is 5.64. The van der Waals surface area contributed by atoms with Gasteiger partial charge in [-0.05, 0) is 43.0 Å². The number of rotatable bonds is 5. The Morgan fingerprint density at radius 3 is 2.04 bits per heavy atom. The number of amides is 1. The maximum Gasteiger partial charge on any atom is 0.410 e. The van der Waals surface area contributed by atoms with Crippen LogP contribution in [-0.4, -0.2) is 41.4 Å². The van der Waals surface area contributed by atoms with Crippen LogP contribution in [0.5, 0.6) is 0 Å². The summed E-state index contributed by atoms with van der Waals surface area (Å²) in [5.74, 6) is 0.0527. The first kappa shape index (κ1) is 17.5. The van der Waals surface area contributed by atoms with Gasteiger partial charge in [-0.3, -0.25) is 0 Å². The van der Waals surface area contributed by atoms with Crippen LogP contribution in [0.15, 0.2) is 48.5 Å². The molecule has 25 heavy (non-hydrogen) atoms. The molecule has 1 unspecified atom stereocenters. The summed E-state index contributed by atoms with van der Waals surface area (Å²) in [6.07, 6.45) is -0.958. The monoisotopic (exact) mass is 339 g/mol. The van der Waals surface area contributed by atoms with Crippen molar-refractivity contribution in [1.82, 2.24) is 4.90 Å². The van der Waals surface area contributed by atoms with Crippen molar-refractivity contribution in [3.63, 3.8) is 0 Å². The summed E-state index contributed by atoms with van der Waals surface area (Å²) in [6, 6.07) is 16.5. The van der Waals surface area contributed by atoms with Crippen LogP contribution in [-0.2, 0) is 4.74 Å². The Bertz CT molecular complexity index is 709. The highest BCUT2D eigenvalue weighted by atomic mass is 16.6. The molecule has 1 aliphatic carbocycles. The average molecular weight is 339 g/mol. The third kappa shape index (κ3) is 3.54. The minimum absolute atomic E-state index is 0.0229. The summed E-state index contributed by atoms with van der Waals surface area (Å²) in [6.45, 7) is 6.09. The quantitative estimate of drug-likeness (QED) is 0.895. The van der Waals surface area contributed by atoms with Gasteiger partial charge < -0.3 is 14.7 Å². The summed E-state index contributed by atoms with van der Waals surface area (Å²) in [4.78, 5) is 14.1. The van der Waals surface area contributed by atoms with Crippen molar-refractivity contribution in [2.45, 2.75) is 38.8 Å². The van der Waals surface area contributed by atoms with Gasteiger partial charge in [-0.2, -0.15) is 0 Å². The van der Waals surface area contributed by atoms with Crippen molar-refractivity contribution in [1.29, 1.82) is 0 Å². The fraction of sp³-hybridized carbons (Fsp3) is 0.381.